The molecule has 116 valence electrons. The maximum Gasteiger partial charge on any atom is 0.265 e. The van der Waals surface area contributed by atoms with Crippen molar-refractivity contribution in [1.29, 1.82) is 0 Å². The SMILES string of the molecule is CS(=O)(=O)OC[C@@H](OS(C)(=O)=O)c1ccc2cn[nH]c2c1. The minimum Gasteiger partial charge on any atom is -0.278 e. The van der Waals surface area contributed by atoms with Crippen LogP contribution in [0.5, 0.6) is 0 Å². The van der Waals surface area contributed by atoms with Crippen molar-refractivity contribution in [3.63, 3.8) is 0 Å². The zero-order valence-corrected chi connectivity index (χ0v) is 12.9. The van der Waals surface area contributed by atoms with Gasteiger partial charge in [-0.05, 0) is 11.6 Å². The topological polar surface area (TPSA) is 115 Å². The number of H-pyrrole nitrogens is 1. The second-order valence-corrected chi connectivity index (χ2v) is 7.74. The van der Waals surface area contributed by atoms with Crippen LogP contribution in [0, 0.1) is 0 Å². The Morgan fingerprint density at radius 1 is 1.19 bits per heavy atom. The standard InChI is InChI=1S/C11H14N2O6S2/c1-20(14,15)18-7-11(19-21(2,16)17)8-3-4-9-6-12-13-10(9)5-8/h3-6,11H,7H2,1-2H3,(H,12,13)/t11-/m1/s1. The van der Waals surface area contributed by atoms with Crippen molar-refractivity contribution in [2.45, 2.75) is 6.10 Å². The number of nitrogens with one attached hydrogen (secondary N) is 1. The Bertz CT molecular complexity index is 840. The number of aromatic amines is 1. The molecule has 1 aromatic heterocycles. The largest absolute Gasteiger partial charge is 0.278 e. The lowest BCUT2D eigenvalue weighted by Gasteiger charge is -2.16. The summed E-state index contributed by atoms with van der Waals surface area (Å²) in [5.74, 6) is 0. The van der Waals surface area contributed by atoms with Gasteiger partial charge >= 0.3 is 0 Å². The van der Waals surface area contributed by atoms with Gasteiger partial charge in [-0.3, -0.25) is 13.5 Å². The van der Waals surface area contributed by atoms with Crippen molar-refractivity contribution in [1.82, 2.24) is 10.2 Å². The number of nitrogens with zero attached hydrogens (tertiary/aromatic N) is 1. The Labute approximate surface area is 122 Å². The van der Waals surface area contributed by atoms with Gasteiger partial charge in [0.1, 0.15) is 6.10 Å². The monoisotopic (exact) mass is 334 g/mol. The Morgan fingerprint density at radius 3 is 2.52 bits per heavy atom. The molecule has 0 bridgehead atoms. The molecule has 2 aromatic rings. The second-order valence-electron chi connectivity index (χ2n) is 4.49. The summed E-state index contributed by atoms with van der Waals surface area (Å²) in [6, 6.07) is 4.97. The second kappa shape index (κ2) is 5.72. The molecule has 0 fully saturated rings. The van der Waals surface area contributed by atoms with Crippen LogP contribution in [0.25, 0.3) is 10.9 Å². The summed E-state index contributed by atoms with van der Waals surface area (Å²) < 4.78 is 54.3. The predicted molar refractivity (Wildman–Crippen MR) is 75.6 cm³/mol. The molecule has 0 saturated carbocycles. The summed E-state index contributed by atoms with van der Waals surface area (Å²) in [4.78, 5) is 0. The number of rotatable bonds is 6. The highest BCUT2D eigenvalue weighted by molar-refractivity contribution is 7.86. The van der Waals surface area contributed by atoms with Gasteiger partial charge in [0.25, 0.3) is 20.2 Å². The average molecular weight is 334 g/mol. The van der Waals surface area contributed by atoms with Crippen molar-refractivity contribution in [3.8, 4) is 0 Å². The molecule has 1 N–H and O–H groups in total. The van der Waals surface area contributed by atoms with Gasteiger partial charge in [-0.1, -0.05) is 12.1 Å². The highest BCUT2D eigenvalue weighted by Gasteiger charge is 2.21. The van der Waals surface area contributed by atoms with E-state index in [0.717, 1.165) is 17.9 Å². The molecule has 0 amide bonds. The summed E-state index contributed by atoms with van der Waals surface area (Å²) in [6.45, 7) is -0.439. The van der Waals surface area contributed by atoms with Crippen LogP contribution in [-0.4, -0.2) is 46.2 Å². The maximum atomic E-state index is 11.3. The van der Waals surface area contributed by atoms with Gasteiger partial charge in [-0.25, -0.2) is 0 Å². The van der Waals surface area contributed by atoms with E-state index >= 15 is 0 Å². The van der Waals surface area contributed by atoms with E-state index in [0.29, 0.717) is 11.1 Å². The molecular formula is C11H14N2O6S2. The first kappa shape index (κ1) is 15.9. The molecular weight excluding hydrogens is 320 g/mol. The molecule has 8 nitrogen and oxygen atoms in total. The van der Waals surface area contributed by atoms with Gasteiger partial charge in [0.05, 0.1) is 30.8 Å². The van der Waals surface area contributed by atoms with Crippen LogP contribution in [-0.2, 0) is 28.6 Å². The van der Waals surface area contributed by atoms with Crippen molar-refractivity contribution in [3.05, 3.63) is 30.0 Å². The number of benzene rings is 1. The normalized spacial score (nSPS) is 14.4. The lowest BCUT2D eigenvalue weighted by molar-refractivity contribution is 0.141. The Hall–Kier alpha value is -1.49. The number of aromatic nitrogens is 2. The number of hydrogen-bond donors (Lipinski definition) is 1. The Kier molecular flexibility index (Phi) is 4.33. The molecule has 0 spiro atoms. The van der Waals surface area contributed by atoms with Gasteiger partial charge in [0.15, 0.2) is 0 Å². The van der Waals surface area contributed by atoms with Crippen molar-refractivity contribution in [2.24, 2.45) is 0 Å². The average Bonchev–Trinajstić information content (AvgIpc) is 2.79. The van der Waals surface area contributed by atoms with Crippen LogP contribution in [0.2, 0.25) is 0 Å². The Morgan fingerprint density at radius 2 is 1.90 bits per heavy atom. The van der Waals surface area contributed by atoms with Crippen LogP contribution in [0.1, 0.15) is 11.7 Å². The van der Waals surface area contributed by atoms with Crippen LogP contribution in [0.15, 0.2) is 24.4 Å². The van der Waals surface area contributed by atoms with Gasteiger partial charge < -0.3 is 0 Å². The van der Waals surface area contributed by atoms with Crippen LogP contribution in [0.4, 0.5) is 0 Å². The minimum absolute atomic E-state index is 0.439. The van der Waals surface area contributed by atoms with E-state index in [1.54, 1.807) is 24.4 Å². The molecule has 0 aliphatic rings. The molecule has 0 unspecified atom stereocenters. The zero-order chi connectivity index (χ0) is 15.7. The number of fused-ring (bicyclic) bond motifs is 1. The van der Waals surface area contributed by atoms with E-state index in [9.17, 15) is 16.8 Å². The van der Waals surface area contributed by atoms with Gasteiger partial charge in [-0.2, -0.15) is 21.9 Å². The molecule has 21 heavy (non-hydrogen) atoms. The molecule has 0 aliphatic carbocycles. The highest BCUT2D eigenvalue weighted by atomic mass is 32.2. The van der Waals surface area contributed by atoms with Crippen LogP contribution >= 0.6 is 0 Å². The fourth-order valence-corrected chi connectivity index (χ4v) is 2.69. The summed E-state index contributed by atoms with van der Waals surface area (Å²) in [6.07, 6.45) is 2.30. The fraction of sp³-hybridized carbons (Fsp3) is 0.364. The molecule has 1 aromatic carbocycles. The third-order valence-corrected chi connectivity index (χ3v) is 3.71. The maximum absolute atomic E-state index is 11.3. The molecule has 0 aliphatic heterocycles. The van der Waals surface area contributed by atoms with Crippen molar-refractivity contribution < 1.29 is 25.2 Å². The quantitative estimate of drug-likeness (QED) is 0.767. The zero-order valence-electron chi connectivity index (χ0n) is 11.3. The van der Waals surface area contributed by atoms with E-state index < -0.39 is 32.9 Å². The lowest BCUT2D eigenvalue weighted by Crippen LogP contribution is -2.18. The van der Waals surface area contributed by atoms with E-state index in [1.165, 1.54) is 0 Å². The summed E-state index contributed by atoms with van der Waals surface area (Å²) in [5, 5.41) is 7.42. The fourth-order valence-electron chi connectivity index (χ4n) is 1.73. The van der Waals surface area contributed by atoms with Crippen LogP contribution < -0.4 is 0 Å². The first-order valence-corrected chi connectivity index (χ1v) is 9.43. The molecule has 0 saturated heterocycles. The van der Waals surface area contributed by atoms with E-state index in [2.05, 4.69) is 14.4 Å². The van der Waals surface area contributed by atoms with Gasteiger partial charge in [-0.15, -0.1) is 0 Å². The molecule has 0 radical (unpaired) electrons. The predicted octanol–water partition coefficient (Wildman–Crippen LogP) is 0.556. The summed E-state index contributed by atoms with van der Waals surface area (Å²) >= 11 is 0. The highest BCUT2D eigenvalue weighted by Crippen LogP contribution is 2.24. The van der Waals surface area contributed by atoms with Crippen molar-refractivity contribution in [2.75, 3.05) is 19.1 Å². The third-order valence-electron chi connectivity index (χ3n) is 2.56. The lowest BCUT2D eigenvalue weighted by atomic mass is 10.1. The molecule has 1 atom stereocenters. The summed E-state index contributed by atoms with van der Waals surface area (Å²) in [5.41, 5.74) is 1.13. The molecule has 2 rings (SSSR count). The summed E-state index contributed by atoms with van der Waals surface area (Å²) in [7, 11) is -7.49. The number of hydrogen-bond acceptors (Lipinski definition) is 7. The minimum atomic E-state index is -3.78. The van der Waals surface area contributed by atoms with E-state index in [1.807, 2.05) is 0 Å². The first-order chi connectivity index (χ1) is 9.64. The molecule has 1 heterocycles. The third kappa shape index (κ3) is 4.77. The van der Waals surface area contributed by atoms with Gasteiger partial charge in [0, 0.05) is 5.39 Å². The first-order valence-electron chi connectivity index (χ1n) is 5.80. The van der Waals surface area contributed by atoms with Crippen LogP contribution in [0.3, 0.4) is 0 Å². The van der Waals surface area contributed by atoms with E-state index in [4.69, 9.17) is 4.18 Å². The van der Waals surface area contributed by atoms with E-state index in [-0.39, 0.29) is 0 Å². The smallest absolute Gasteiger partial charge is 0.265 e. The van der Waals surface area contributed by atoms with Gasteiger partial charge in [0.2, 0.25) is 0 Å². The Balaban J connectivity index is 2.32. The van der Waals surface area contributed by atoms with Crippen molar-refractivity contribution >= 4 is 31.1 Å². The molecule has 10 heteroatoms.